The number of hydrogen-bond donors (Lipinski definition) is 1. The van der Waals surface area contributed by atoms with Crippen molar-refractivity contribution in [1.29, 1.82) is 0 Å². The molecule has 10 rings (SSSR count). The second-order valence-corrected chi connectivity index (χ2v) is 15.4. The quantitative estimate of drug-likeness (QED) is 0.191. The molecule has 9 aromatic rings. The Bertz CT molecular complexity index is 3000. The van der Waals surface area contributed by atoms with E-state index in [0.717, 1.165) is 33.9 Å². The Morgan fingerprint density at radius 2 is 1.18 bits per heavy atom. The predicted molar refractivity (Wildman–Crippen MR) is 237 cm³/mol. The summed E-state index contributed by atoms with van der Waals surface area (Å²) in [5.74, 6) is 0.226. The van der Waals surface area contributed by atoms with Gasteiger partial charge in [-0.2, -0.15) is 0 Å². The molecule has 0 fully saturated rings. The molecule has 0 saturated carbocycles. The molecule has 0 spiro atoms. The van der Waals surface area contributed by atoms with Crippen LogP contribution in [-0.4, -0.2) is 0 Å². The van der Waals surface area contributed by atoms with Gasteiger partial charge in [0, 0.05) is 22.4 Å². The van der Waals surface area contributed by atoms with Gasteiger partial charge in [0.1, 0.15) is 11.2 Å². The summed E-state index contributed by atoms with van der Waals surface area (Å²) in [5.41, 5.74) is 15.8. The summed E-state index contributed by atoms with van der Waals surface area (Å²) in [5, 5.41) is 11.4. The lowest BCUT2D eigenvalue weighted by molar-refractivity contribution is 0.485. The molecule has 2 heteroatoms. The third kappa shape index (κ3) is 5.81. The van der Waals surface area contributed by atoms with Crippen molar-refractivity contribution in [2.45, 2.75) is 33.2 Å². The van der Waals surface area contributed by atoms with Gasteiger partial charge in [-0.05, 0) is 116 Å². The lowest BCUT2D eigenvalue weighted by Crippen LogP contribution is -2.29. The van der Waals surface area contributed by atoms with Gasteiger partial charge in [0.05, 0.1) is 6.04 Å². The van der Waals surface area contributed by atoms with E-state index in [1.807, 2.05) is 0 Å². The van der Waals surface area contributed by atoms with Crippen LogP contribution < -0.4 is 5.32 Å². The lowest BCUT2D eigenvalue weighted by atomic mass is 9.79. The highest BCUT2D eigenvalue weighted by atomic mass is 16.3. The third-order valence-corrected chi connectivity index (χ3v) is 12.2. The molecule has 2 atom stereocenters. The topological polar surface area (TPSA) is 25.2 Å². The zero-order valence-corrected chi connectivity index (χ0v) is 32.0. The fourth-order valence-electron chi connectivity index (χ4n) is 9.10. The van der Waals surface area contributed by atoms with Gasteiger partial charge < -0.3 is 9.73 Å². The molecule has 270 valence electrons. The van der Waals surface area contributed by atoms with Crippen molar-refractivity contribution in [3.8, 4) is 22.3 Å². The first-order valence-corrected chi connectivity index (χ1v) is 19.7. The van der Waals surface area contributed by atoms with Crippen LogP contribution >= 0.6 is 0 Å². The van der Waals surface area contributed by atoms with Gasteiger partial charge in [-0.15, -0.1) is 0 Å². The summed E-state index contributed by atoms with van der Waals surface area (Å²) in [7, 11) is 0. The van der Waals surface area contributed by atoms with Crippen LogP contribution in [0.3, 0.4) is 0 Å². The SMILES string of the molecule is C/C1=C(\c2ccccc2)NC(c2ccc(-c3cccc4oc5cc(-c6ccc7ccccc7c6)ccc5c34)c3ccccc23)C(C)/C(C)=C(/c2ccccc2)C1. The molecular weight excluding hydrogens is 679 g/mol. The predicted octanol–water partition coefficient (Wildman–Crippen LogP) is 14.8. The van der Waals surface area contributed by atoms with E-state index in [1.165, 1.54) is 77.3 Å². The number of rotatable bonds is 5. The average molecular weight is 722 g/mol. The maximum atomic E-state index is 6.64. The Hall–Kier alpha value is -6.64. The summed E-state index contributed by atoms with van der Waals surface area (Å²) in [6.07, 6.45) is 0.899. The largest absolute Gasteiger partial charge is 0.456 e. The highest BCUT2D eigenvalue weighted by Gasteiger charge is 2.29. The van der Waals surface area contributed by atoms with Gasteiger partial charge >= 0.3 is 0 Å². The Balaban J connectivity index is 1.12. The highest BCUT2D eigenvalue weighted by molar-refractivity contribution is 6.16. The molecule has 0 bridgehead atoms. The van der Waals surface area contributed by atoms with Crippen LogP contribution in [0.4, 0.5) is 0 Å². The van der Waals surface area contributed by atoms with E-state index in [0.29, 0.717) is 0 Å². The smallest absolute Gasteiger partial charge is 0.136 e. The van der Waals surface area contributed by atoms with Crippen LogP contribution in [0.1, 0.15) is 49.9 Å². The van der Waals surface area contributed by atoms with Crippen molar-refractivity contribution in [2.24, 2.45) is 5.92 Å². The molecule has 1 N–H and O–H groups in total. The van der Waals surface area contributed by atoms with Crippen molar-refractivity contribution >= 4 is 54.8 Å². The molecular formula is C54H43NO. The fraction of sp³-hybridized carbons (Fsp3) is 0.111. The molecule has 8 aromatic carbocycles. The van der Waals surface area contributed by atoms with Crippen LogP contribution in [0.15, 0.2) is 191 Å². The van der Waals surface area contributed by atoms with E-state index >= 15 is 0 Å². The number of furan rings is 1. The van der Waals surface area contributed by atoms with E-state index in [9.17, 15) is 0 Å². The number of fused-ring (bicyclic) bond motifs is 5. The second kappa shape index (κ2) is 13.9. The van der Waals surface area contributed by atoms with Crippen LogP contribution in [0.2, 0.25) is 0 Å². The number of allylic oxidation sites excluding steroid dienone is 2. The molecule has 2 nitrogen and oxygen atoms in total. The highest BCUT2D eigenvalue weighted by Crippen LogP contribution is 2.45. The fourth-order valence-corrected chi connectivity index (χ4v) is 9.10. The van der Waals surface area contributed by atoms with Gasteiger partial charge in [-0.3, -0.25) is 0 Å². The maximum Gasteiger partial charge on any atom is 0.136 e. The molecule has 1 aliphatic rings. The minimum Gasteiger partial charge on any atom is -0.456 e. The molecule has 0 radical (unpaired) electrons. The van der Waals surface area contributed by atoms with E-state index in [1.54, 1.807) is 0 Å². The van der Waals surface area contributed by atoms with Crippen molar-refractivity contribution in [3.05, 3.63) is 204 Å². The summed E-state index contributed by atoms with van der Waals surface area (Å²) in [6, 6.07) is 63.9. The Morgan fingerprint density at radius 1 is 0.500 bits per heavy atom. The summed E-state index contributed by atoms with van der Waals surface area (Å²) in [4.78, 5) is 0. The first-order chi connectivity index (χ1) is 27.5. The monoisotopic (exact) mass is 721 g/mol. The maximum absolute atomic E-state index is 6.64. The molecule has 0 aliphatic carbocycles. The Kier molecular flexibility index (Phi) is 8.41. The van der Waals surface area contributed by atoms with Crippen molar-refractivity contribution in [3.63, 3.8) is 0 Å². The zero-order chi connectivity index (χ0) is 37.8. The number of nitrogens with one attached hydrogen (secondary N) is 1. The number of hydrogen-bond acceptors (Lipinski definition) is 2. The minimum atomic E-state index is 0.0391. The second-order valence-electron chi connectivity index (χ2n) is 15.4. The summed E-state index contributed by atoms with van der Waals surface area (Å²) in [6.45, 7) is 7.03. The molecule has 0 saturated heterocycles. The van der Waals surface area contributed by atoms with Gasteiger partial charge in [0.2, 0.25) is 0 Å². The average Bonchev–Trinajstić information content (AvgIpc) is 3.64. The van der Waals surface area contributed by atoms with E-state index in [-0.39, 0.29) is 12.0 Å². The normalized spacial score (nSPS) is 19.0. The standard InChI is InChI=1S/C54H43NO/c1-34-31-49(38-16-6-4-7-17-38)35(2)36(3)54(55-53(34)39-18-8-5-9-19-39)47-30-29-45(43-21-12-13-22-44(43)47)46-23-14-24-50-52(46)48-28-27-42(33-51(48)56-50)41-26-25-37-15-10-11-20-40(37)32-41/h4-30,32-33,36,54-55H,31H2,1-3H3/b49-35+,53-34-. The Labute approximate surface area is 328 Å². The van der Waals surface area contributed by atoms with E-state index in [4.69, 9.17) is 4.42 Å². The lowest BCUT2D eigenvalue weighted by Gasteiger charge is -2.34. The van der Waals surface area contributed by atoms with Crippen LogP contribution in [0, 0.1) is 5.92 Å². The van der Waals surface area contributed by atoms with Crippen LogP contribution in [0.5, 0.6) is 0 Å². The van der Waals surface area contributed by atoms with E-state index in [2.05, 4.69) is 202 Å². The molecule has 1 aromatic heterocycles. The molecule has 56 heavy (non-hydrogen) atoms. The summed E-state index contributed by atoms with van der Waals surface area (Å²) < 4.78 is 6.64. The molecule has 2 heterocycles. The van der Waals surface area contributed by atoms with E-state index < -0.39 is 0 Å². The van der Waals surface area contributed by atoms with Crippen molar-refractivity contribution in [1.82, 2.24) is 5.32 Å². The van der Waals surface area contributed by atoms with Gasteiger partial charge in [0.25, 0.3) is 0 Å². The Morgan fingerprint density at radius 3 is 1.98 bits per heavy atom. The van der Waals surface area contributed by atoms with Gasteiger partial charge in [-0.1, -0.05) is 164 Å². The molecule has 1 aliphatic heterocycles. The van der Waals surface area contributed by atoms with Crippen molar-refractivity contribution in [2.75, 3.05) is 0 Å². The van der Waals surface area contributed by atoms with Crippen LogP contribution in [-0.2, 0) is 0 Å². The molecule has 2 unspecified atom stereocenters. The third-order valence-electron chi connectivity index (χ3n) is 12.2. The minimum absolute atomic E-state index is 0.0391. The summed E-state index contributed by atoms with van der Waals surface area (Å²) >= 11 is 0. The molecule has 0 amide bonds. The number of benzene rings is 8. The van der Waals surface area contributed by atoms with Crippen molar-refractivity contribution < 1.29 is 4.42 Å². The van der Waals surface area contributed by atoms with Crippen LogP contribution in [0.25, 0.3) is 77.0 Å². The first kappa shape index (κ1) is 33.9. The van der Waals surface area contributed by atoms with Gasteiger partial charge in [0.15, 0.2) is 0 Å². The first-order valence-electron chi connectivity index (χ1n) is 19.7. The van der Waals surface area contributed by atoms with Gasteiger partial charge in [-0.25, -0.2) is 0 Å². The zero-order valence-electron chi connectivity index (χ0n) is 32.0.